The number of allylic oxidation sites excluding steroid dienone is 1. The Morgan fingerprint density at radius 3 is 2.40 bits per heavy atom. The van der Waals surface area contributed by atoms with Crippen LogP contribution in [0.5, 0.6) is 17.2 Å². The molecule has 1 aromatic heterocycles. The summed E-state index contributed by atoms with van der Waals surface area (Å²) in [5.41, 5.74) is 2.21. The number of carbonyl (C=O) groups is 1. The number of methoxy groups -OCH3 is 3. The average molecular weight is 445 g/mol. The maximum Gasteiger partial charge on any atom is 0.203 e. The van der Waals surface area contributed by atoms with Crippen molar-refractivity contribution in [1.29, 1.82) is 0 Å². The Kier molecular flexibility index (Phi) is 6.97. The zero-order valence-corrected chi connectivity index (χ0v) is 18.6. The SMILES string of the molecule is COc1cc(/C=C/C(=O)c2sc(Nc3cccc(Cl)c3)nc2C)cc(OC)c1OC. The Hall–Kier alpha value is -3.03. The third-order valence-electron chi connectivity index (χ3n) is 4.21. The largest absolute Gasteiger partial charge is 0.493 e. The van der Waals surface area contributed by atoms with E-state index in [1.54, 1.807) is 58.6 Å². The van der Waals surface area contributed by atoms with Crippen molar-refractivity contribution in [3.63, 3.8) is 0 Å². The lowest BCUT2D eigenvalue weighted by atomic mass is 10.1. The van der Waals surface area contributed by atoms with Crippen LogP contribution >= 0.6 is 22.9 Å². The summed E-state index contributed by atoms with van der Waals surface area (Å²) in [5, 5.41) is 4.42. The summed E-state index contributed by atoms with van der Waals surface area (Å²) in [6.45, 7) is 1.81. The highest BCUT2D eigenvalue weighted by atomic mass is 35.5. The molecule has 0 spiro atoms. The molecule has 6 nitrogen and oxygen atoms in total. The van der Waals surface area contributed by atoms with Gasteiger partial charge in [0.05, 0.1) is 31.9 Å². The van der Waals surface area contributed by atoms with Gasteiger partial charge in [-0.3, -0.25) is 4.79 Å². The second-order valence-electron chi connectivity index (χ2n) is 6.23. The summed E-state index contributed by atoms with van der Waals surface area (Å²) >= 11 is 7.30. The molecule has 0 bridgehead atoms. The lowest BCUT2D eigenvalue weighted by Gasteiger charge is -2.12. The topological polar surface area (TPSA) is 69.7 Å². The minimum atomic E-state index is -0.141. The van der Waals surface area contributed by atoms with Gasteiger partial charge in [0, 0.05) is 10.7 Å². The molecule has 0 saturated carbocycles. The molecule has 0 unspecified atom stereocenters. The van der Waals surface area contributed by atoms with Crippen LogP contribution in [-0.4, -0.2) is 32.1 Å². The lowest BCUT2D eigenvalue weighted by molar-refractivity contribution is 0.105. The Labute approximate surface area is 184 Å². The minimum Gasteiger partial charge on any atom is -0.493 e. The van der Waals surface area contributed by atoms with Crippen molar-refractivity contribution in [2.75, 3.05) is 26.6 Å². The molecule has 156 valence electrons. The molecule has 0 fully saturated rings. The number of halogens is 1. The molecule has 2 aromatic carbocycles. The molecule has 3 aromatic rings. The molecule has 0 aliphatic carbocycles. The minimum absolute atomic E-state index is 0.141. The van der Waals surface area contributed by atoms with Crippen molar-refractivity contribution in [3.05, 3.63) is 63.6 Å². The number of anilines is 2. The molecule has 0 aliphatic heterocycles. The summed E-state index contributed by atoms with van der Waals surface area (Å²) < 4.78 is 16.0. The zero-order chi connectivity index (χ0) is 21.7. The first-order valence-corrected chi connectivity index (χ1v) is 10.2. The number of thiazole rings is 1. The quantitative estimate of drug-likeness (QED) is 0.351. The van der Waals surface area contributed by atoms with E-state index < -0.39 is 0 Å². The first kappa shape index (κ1) is 21.7. The van der Waals surface area contributed by atoms with Crippen LogP contribution in [0, 0.1) is 6.92 Å². The summed E-state index contributed by atoms with van der Waals surface area (Å²) in [6.07, 6.45) is 3.21. The third-order valence-corrected chi connectivity index (χ3v) is 5.53. The molecule has 0 radical (unpaired) electrons. The Bertz CT molecular complexity index is 1070. The average Bonchev–Trinajstić information content (AvgIpc) is 3.11. The molecule has 30 heavy (non-hydrogen) atoms. The van der Waals surface area contributed by atoms with E-state index in [2.05, 4.69) is 10.3 Å². The molecule has 3 rings (SSSR count). The summed E-state index contributed by atoms with van der Waals surface area (Å²) in [5.74, 6) is 1.40. The van der Waals surface area contributed by atoms with Crippen molar-refractivity contribution in [2.24, 2.45) is 0 Å². The van der Waals surface area contributed by atoms with E-state index in [1.807, 2.05) is 12.1 Å². The normalized spacial score (nSPS) is 10.8. The van der Waals surface area contributed by atoms with E-state index in [1.165, 1.54) is 17.4 Å². The smallest absolute Gasteiger partial charge is 0.203 e. The fourth-order valence-corrected chi connectivity index (χ4v) is 3.91. The molecule has 0 aliphatic rings. The zero-order valence-electron chi connectivity index (χ0n) is 17.0. The van der Waals surface area contributed by atoms with E-state index in [4.69, 9.17) is 25.8 Å². The van der Waals surface area contributed by atoms with Crippen LogP contribution in [0.2, 0.25) is 5.02 Å². The number of nitrogens with one attached hydrogen (secondary N) is 1. The van der Waals surface area contributed by atoms with Crippen LogP contribution in [0.3, 0.4) is 0 Å². The van der Waals surface area contributed by atoms with E-state index in [0.29, 0.717) is 38.0 Å². The number of rotatable bonds is 8. The van der Waals surface area contributed by atoms with Gasteiger partial charge in [0.15, 0.2) is 22.4 Å². The number of benzene rings is 2. The first-order chi connectivity index (χ1) is 14.4. The molecular weight excluding hydrogens is 424 g/mol. The van der Waals surface area contributed by atoms with Crippen molar-refractivity contribution < 1.29 is 19.0 Å². The van der Waals surface area contributed by atoms with Crippen molar-refractivity contribution in [2.45, 2.75) is 6.92 Å². The second-order valence-corrected chi connectivity index (χ2v) is 7.66. The van der Waals surface area contributed by atoms with Gasteiger partial charge in [-0.2, -0.15) is 0 Å². The van der Waals surface area contributed by atoms with Crippen LogP contribution in [0.4, 0.5) is 10.8 Å². The van der Waals surface area contributed by atoms with Gasteiger partial charge < -0.3 is 19.5 Å². The number of hydrogen-bond donors (Lipinski definition) is 1. The van der Waals surface area contributed by atoms with Gasteiger partial charge in [-0.25, -0.2) is 4.98 Å². The van der Waals surface area contributed by atoms with Crippen molar-refractivity contribution in [1.82, 2.24) is 4.98 Å². The molecule has 1 heterocycles. The highest BCUT2D eigenvalue weighted by molar-refractivity contribution is 7.17. The Morgan fingerprint density at radius 2 is 1.80 bits per heavy atom. The van der Waals surface area contributed by atoms with Crippen LogP contribution in [0.15, 0.2) is 42.5 Å². The fraction of sp³-hybridized carbons (Fsp3) is 0.182. The maximum absolute atomic E-state index is 12.7. The highest BCUT2D eigenvalue weighted by Crippen LogP contribution is 2.38. The first-order valence-electron chi connectivity index (χ1n) is 8.97. The molecule has 8 heteroatoms. The number of carbonyl (C=O) groups excluding carboxylic acids is 1. The molecule has 0 amide bonds. The Morgan fingerprint density at radius 1 is 1.10 bits per heavy atom. The van der Waals surface area contributed by atoms with Gasteiger partial charge in [-0.1, -0.05) is 35.1 Å². The van der Waals surface area contributed by atoms with Gasteiger partial charge in [0.2, 0.25) is 5.75 Å². The molecular formula is C22H21ClN2O4S. The predicted octanol–water partition coefficient (Wildman–Crippen LogP) is 5.77. The van der Waals surface area contributed by atoms with E-state index >= 15 is 0 Å². The summed E-state index contributed by atoms with van der Waals surface area (Å²) in [6, 6.07) is 10.9. The van der Waals surface area contributed by atoms with Gasteiger partial charge in [0.1, 0.15) is 0 Å². The second kappa shape index (κ2) is 9.65. The summed E-state index contributed by atoms with van der Waals surface area (Å²) in [4.78, 5) is 17.7. The van der Waals surface area contributed by atoms with Crippen LogP contribution < -0.4 is 19.5 Å². The number of nitrogens with zero attached hydrogens (tertiary/aromatic N) is 1. The fourth-order valence-electron chi connectivity index (χ4n) is 2.81. The maximum atomic E-state index is 12.7. The van der Waals surface area contributed by atoms with Crippen molar-refractivity contribution >= 4 is 45.6 Å². The lowest BCUT2D eigenvalue weighted by Crippen LogP contribution is -1.96. The van der Waals surface area contributed by atoms with Gasteiger partial charge in [-0.05, 0) is 48.9 Å². The monoisotopic (exact) mass is 444 g/mol. The van der Waals surface area contributed by atoms with Gasteiger partial charge >= 0.3 is 0 Å². The molecule has 1 N–H and O–H groups in total. The van der Waals surface area contributed by atoms with Crippen LogP contribution in [-0.2, 0) is 0 Å². The summed E-state index contributed by atoms with van der Waals surface area (Å²) in [7, 11) is 4.64. The van der Waals surface area contributed by atoms with Gasteiger partial charge in [0.25, 0.3) is 0 Å². The number of ketones is 1. The van der Waals surface area contributed by atoms with Crippen LogP contribution in [0.25, 0.3) is 6.08 Å². The van der Waals surface area contributed by atoms with E-state index in [-0.39, 0.29) is 5.78 Å². The van der Waals surface area contributed by atoms with Crippen molar-refractivity contribution in [3.8, 4) is 17.2 Å². The number of aryl methyl sites for hydroxylation is 1. The number of aromatic nitrogens is 1. The van der Waals surface area contributed by atoms with Gasteiger partial charge in [-0.15, -0.1) is 0 Å². The highest BCUT2D eigenvalue weighted by Gasteiger charge is 2.15. The van der Waals surface area contributed by atoms with E-state index in [0.717, 1.165) is 11.3 Å². The molecule has 0 saturated heterocycles. The molecule has 0 atom stereocenters. The number of hydrogen-bond acceptors (Lipinski definition) is 7. The standard InChI is InChI=1S/C22H21ClN2O4S/c1-13-21(30-22(24-13)25-16-7-5-6-15(23)12-16)17(26)9-8-14-10-18(27-2)20(29-4)19(11-14)28-3/h5-12H,1-4H3,(H,24,25)/b9-8+. The van der Waals surface area contributed by atoms with Crippen LogP contribution in [0.1, 0.15) is 20.9 Å². The Balaban J connectivity index is 1.81. The van der Waals surface area contributed by atoms with E-state index in [9.17, 15) is 4.79 Å². The predicted molar refractivity (Wildman–Crippen MR) is 121 cm³/mol. The third kappa shape index (κ3) is 4.93. The number of ether oxygens (including phenoxy) is 3.